The number of fused-ring (bicyclic) bond motifs is 1. The summed E-state index contributed by atoms with van der Waals surface area (Å²) in [5, 5.41) is 13.8. The summed E-state index contributed by atoms with van der Waals surface area (Å²) in [5.41, 5.74) is 13.6. The molecule has 0 bridgehead atoms. The van der Waals surface area contributed by atoms with Crippen molar-refractivity contribution in [2.75, 3.05) is 13.1 Å². The maximum Gasteiger partial charge on any atom is 0.354 e. The summed E-state index contributed by atoms with van der Waals surface area (Å²) in [6.07, 6.45) is 1.99. The number of nitrogens with one attached hydrogen (secondary N) is 2. The summed E-state index contributed by atoms with van der Waals surface area (Å²) >= 11 is 0. The monoisotopic (exact) mass is 383 g/mol. The van der Waals surface area contributed by atoms with Gasteiger partial charge in [0.15, 0.2) is 5.96 Å². The van der Waals surface area contributed by atoms with Crippen molar-refractivity contribution < 1.29 is 5.11 Å². The van der Waals surface area contributed by atoms with Crippen molar-refractivity contribution in [3.05, 3.63) is 58.3 Å². The fraction of sp³-hybridized carbons (Fsp3) is 0.316. The summed E-state index contributed by atoms with van der Waals surface area (Å²) in [6, 6.07) is 9.60. The molecule has 2 aromatic heterocycles. The van der Waals surface area contributed by atoms with Crippen LogP contribution in [0.5, 0.6) is 0 Å². The van der Waals surface area contributed by atoms with E-state index in [-0.39, 0.29) is 18.2 Å². The van der Waals surface area contributed by atoms with Crippen LogP contribution in [0.2, 0.25) is 0 Å². The SMILES string of the molecule is CCc1cc2cn(-c3ccc(CNCC(O)CN=C(N)N)cc3)c(=O)nc2[nH]1. The van der Waals surface area contributed by atoms with Crippen molar-refractivity contribution in [2.24, 2.45) is 16.5 Å². The molecule has 1 unspecified atom stereocenters. The highest BCUT2D eigenvalue weighted by Crippen LogP contribution is 2.14. The number of hydrogen-bond donors (Lipinski definition) is 5. The fourth-order valence-corrected chi connectivity index (χ4v) is 2.86. The average molecular weight is 383 g/mol. The van der Waals surface area contributed by atoms with Crippen molar-refractivity contribution in [1.82, 2.24) is 19.9 Å². The Balaban J connectivity index is 1.66. The molecule has 3 rings (SSSR count). The van der Waals surface area contributed by atoms with E-state index < -0.39 is 6.10 Å². The highest BCUT2D eigenvalue weighted by Gasteiger charge is 2.07. The Labute approximate surface area is 162 Å². The Morgan fingerprint density at radius 2 is 2.11 bits per heavy atom. The van der Waals surface area contributed by atoms with Gasteiger partial charge in [-0.3, -0.25) is 9.56 Å². The van der Waals surface area contributed by atoms with Crippen LogP contribution >= 0.6 is 0 Å². The Morgan fingerprint density at radius 3 is 2.79 bits per heavy atom. The molecular formula is C19H25N7O2. The predicted molar refractivity (Wildman–Crippen MR) is 109 cm³/mol. The summed E-state index contributed by atoms with van der Waals surface area (Å²) in [4.78, 5) is 23.4. The van der Waals surface area contributed by atoms with Gasteiger partial charge in [-0.1, -0.05) is 19.1 Å². The minimum Gasteiger partial charge on any atom is -0.390 e. The molecule has 0 fully saturated rings. The zero-order valence-electron chi connectivity index (χ0n) is 15.7. The number of guanidine groups is 1. The topological polar surface area (TPSA) is 147 Å². The van der Waals surface area contributed by atoms with Crippen LogP contribution in [0.4, 0.5) is 0 Å². The van der Waals surface area contributed by atoms with Gasteiger partial charge in [0.25, 0.3) is 0 Å². The fourth-order valence-electron chi connectivity index (χ4n) is 2.86. The maximum absolute atomic E-state index is 12.3. The van der Waals surface area contributed by atoms with Gasteiger partial charge in [-0.2, -0.15) is 4.98 Å². The molecule has 9 nitrogen and oxygen atoms in total. The molecule has 0 saturated heterocycles. The molecule has 28 heavy (non-hydrogen) atoms. The van der Waals surface area contributed by atoms with Gasteiger partial charge in [0.2, 0.25) is 0 Å². The minimum atomic E-state index is -0.660. The smallest absolute Gasteiger partial charge is 0.354 e. The quantitative estimate of drug-likeness (QED) is 0.273. The first-order chi connectivity index (χ1) is 13.5. The zero-order valence-corrected chi connectivity index (χ0v) is 15.7. The summed E-state index contributed by atoms with van der Waals surface area (Å²) in [7, 11) is 0. The lowest BCUT2D eigenvalue weighted by molar-refractivity contribution is 0.180. The molecule has 0 spiro atoms. The largest absolute Gasteiger partial charge is 0.390 e. The molecule has 9 heteroatoms. The van der Waals surface area contributed by atoms with Crippen LogP contribution in [-0.2, 0) is 13.0 Å². The van der Waals surface area contributed by atoms with E-state index in [0.29, 0.717) is 18.7 Å². The van der Waals surface area contributed by atoms with Crippen molar-refractivity contribution >= 4 is 17.0 Å². The number of aliphatic imine (C=N–C) groups is 1. The first kappa shape index (κ1) is 19.6. The number of rotatable bonds is 8. The van der Waals surface area contributed by atoms with Crippen molar-refractivity contribution in [3.8, 4) is 5.69 Å². The Morgan fingerprint density at radius 1 is 1.36 bits per heavy atom. The van der Waals surface area contributed by atoms with E-state index in [9.17, 15) is 9.90 Å². The van der Waals surface area contributed by atoms with Gasteiger partial charge in [-0.05, 0) is 30.2 Å². The van der Waals surface area contributed by atoms with E-state index in [1.54, 1.807) is 6.20 Å². The number of H-pyrrole nitrogens is 1. The predicted octanol–water partition coefficient (Wildman–Crippen LogP) is 0.000100. The number of aromatic amines is 1. The van der Waals surface area contributed by atoms with Crippen LogP contribution in [0.15, 0.2) is 46.3 Å². The highest BCUT2D eigenvalue weighted by atomic mass is 16.3. The van der Waals surface area contributed by atoms with Crippen LogP contribution < -0.4 is 22.5 Å². The Bertz CT molecular complexity index is 1020. The first-order valence-electron chi connectivity index (χ1n) is 9.11. The third kappa shape index (κ3) is 4.76. The van der Waals surface area contributed by atoms with Gasteiger partial charge >= 0.3 is 5.69 Å². The Kier molecular flexibility index (Phi) is 6.07. The number of nitrogens with two attached hydrogens (primary N) is 2. The normalized spacial score (nSPS) is 12.2. The highest BCUT2D eigenvalue weighted by molar-refractivity contribution is 5.76. The number of benzene rings is 1. The van der Waals surface area contributed by atoms with Crippen LogP contribution in [0.25, 0.3) is 16.7 Å². The second kappa shape index (κ2) is 8.68. The van der Waals surface area contributed by atoms with Crippen molar-refractivity contribution in [2.45, 2.75) is 26.0 Å². The Hall–Kier alpha value is -3.17. The van der Waals surface area contributed by atoms with Crippen LogP contribution in [0.3, 0.4) is 0 Å². The van der Waals surface area contributed by atoms with Crippen molar-refractivity contribution in [1.29, 1.82) is 0 Å². The third-order valence-electron chi connectivity index (χ3n) is 4.35. The number of aliphatic hydroxyl groups excluding tert-OH is 1. The number of aliphatic hydroxyl groups is 1. The van der Waals surface area contributed by atoms with Gasteiger partial charge in [0.05, 0.1) is 18.3 Å². The average Bonchev–Trinajstić information content (AvgIpc) is 3.08. The molecule has 7 N–H and O–H groups in total. The molecule has 0 aliphatic heterocycles. The molecule has 0 amide bonds. The lowest BCUT2D eigenvalue weighted by atomic mass is 10.2. The van der Waals surface area contributed by atoms with E-state index in [1.807, 2.05) is 37.3 Å². The summed E-state index contributed by atoms with van der Waals surface area (Å²) in [6.45, 7) is 3.14. The lowest BCUT2D eigenvalue weighted by Gasteiger charge is -2.10. The number of nitrogens with zero attached hydrogens (tertiary/aromatic N) is 3. The van der Waals surface area contributed by atoms with E-state index in [0.717, 1.165) is 28.8 Å². The van der Waals surface area contributed by atoms with Gasteiger partial charge in [0.1, 0.15) is 5.65 Å². The van der Waals surface area contributed by atoms with E-state index in [4.69, 9.17) is 11.5 Å². The van der Waals surface area contributed by atoms with Crippen LogP contribution in [0, 0.1) is 0 Å². The molecule has 2 heterocycles. The number of aromatic nitrogens is 3. The molecular weight excluding hydrogens is 358 g/mol. The minimum absolute atomic E-state index is 0.0388. The molecule has 148 valence electrons. The van der Waals surface area contributed by atoms with Gasteiger partial charge in [-0.25, -0.2) is 4.79 Å². The van der Waals surface area contributed by atoms with Crippen LogP contribution in [0.1, 0.15) is 18.2 Å². The molecule has 1 aromatic carbocycles. The van der Waals surface area contributed by atoms with E-state index in [1.165, 1.54) is 4.57 Å². The number of hydrogen-bond acceptors (Lipinski definition) is 5. The molecule has 0 saturated carbocycles. The molecule has 0 aliphatic carbocycles. The zero-order chi connectivity index (χ0) is 20.1. The second-order valence-corrected chi connectivity index (χ2v) is 6.56. The molecule has 0 aliphatic rings. The molecule has 3 aromatic rings. The molecule has 0 radical (unpaired) electrons. The van der Waals surface area contributed by atoms with E-state index >= 15 is 0 Å². The van der Waals surface area contributed by atoms with Gasteiger partial charge in [-0.15, -0.1) is 0 Å². The van der Waals surface area contributed by atoms with Gasteiger partial charge < -0.3 is 26.9 Å². The van der Waals surface area contributed by atoms with Crippen LogP contribution in [-0.4, -0.2) is 44.8 Å². The van der Waals surface area contributed by atoms with E-state index in [2.05, 4.69) is 20.3 Å². The van der Waals surface area contributed by atoms with Gasteiger partial charge in [0, 0.05) is 30.4 Å². The van der Waals surface area contributed by atoms with Crippen molar-refractivity contribution in [3.63, 3.8) is 0 Å². The molecule has 1 atom stereocenters. The number of aryl methyl sites for hydroxylation is 1. The first-order valence-corrected chi connectivity index (χ1v) is 9.11. The third-order valence-corrected chi connectivity index (χ3v) is 4.35. The second-order valence-electron chi connectivity index (χ2n) is 6.56. The summed E-state index contributed by atoms with van der Waals surface area (Å²) < 4.78 is 1.53. The maximum atomic E-state index is 12.3. The lowest BCUT2D eigenvalue weighted by Crippen LogP contribution is -2.31. The summed E-state index contributed by atoms with van der Waals surface area (Å²) in [5.74, 6) is -0.0388. The standard InChI is InChI=1S/C19H25N7O2/c1-2-14-7-13-11-26(19(28)25-17(13)24-14)15-5-3-12(4-6-15)8-22-9-16(27)10-23-18(20)21/h3-7,11,16,22,27H,2,8-10H2,1H3,(H4,20,21,23)(H,24,25,28).